The van der Waals surface area contributed by atoms with Crippen LogP contribution in [-0.2, 0) is 24.0 Å². The zero-order valence-electron chi connectivity index (χ0n) is 25.1. The Hall–Kier alpha value is -4.01. The predicted molar refractivity (Wildman–Crippen MR) is 161 cm³/mol. The molecular formula is C34H40N4O5. The Balaban J connectivity index is 1.24. The van der Waals surface area contributed by atoms with Gasteiger partial charge in [-0.2, -0.15) is 0 Å². The molecule has 6 rings (SSSR count). The van der Waals surface area contributed by atoms with Crippen LogP contribution < -0.4 is 10.6 Å². The average Bonchev–Trinajstić information content (AvgIpc) is 3.87. The predicted octanol–water partition coefficient (Wildman–Crippen LogP) is 3.79. The molecule has 2 aromatic rings. The molecule has 2 N–H and O–H groups in total. The fourth-order valence-electron chi connectivity index (χ4n) is 6.66. The molecule has 3 fully saturated rings. The number of aryl methyl sites for hydroxylation is 1. The lowest BCUT2D eigenvalue weighted by molar-refractivity contribution is -0.144. The monoisotopic (exact) mass is 584 g/mol. The van der Waals surface area contributed by atoms with E-state index in [2.05, 4.69) is 15.8 Å². The molecule has 2 aliphatic carbocycles. The molecule has 2 saturated carbocycles. The molecule has 9 heteroatoms. The Morgan fingerprint density at radius 1 is 1.07 bits per heavy atom. The van der Waals surface area contributed by atoms with Gasteiger partial charge < -0.3 is 20.4 Å². The summed E-state index contributed by atoms with van der Waals surface area (Å²) >= 11 is 0. The molecule has 1 saturated heterocycles. The summed E-state index contributed by atoms with van der Waals surface area (Å²) < 4.78 is 0. The van der Waals surface area contributed by atoms with Crippen LogP contribution in [0.5, 0.6) is 0 Å². The van der Waals surface area contributed by atoms with E-state index < -0.39 is 40.7 Å². The van der Waals surface area contributed by atoms with Crippen molar-refractivity contribution in [2.24, 2.45) is 10.6 Å². The Morgan fingerprint density at radius 3 is 2.53 bits per heavy atom. The van der Waals surface area contributed by atoms with E-state index in [-0.39, 0.29) is 30.8 Å². The zero-order chi connectivity index (χ0) is 30.4. The number of oxime groups is 1. The molecule has 4 aliphatic rings. The van der Waals surface area contributed by atoms with Gasteiger partial charge in [0.15, 0.2) is 5.60 Å². The van der Waals surface area contributed by atoms with Gasteiger partial charge in [0.05, 0.1) is 23.7 Å². The minimum absolute atomic E-state index is 0.0381. The van der Waals surface area contributed by atoms with E-state index in [1.54, 1.807) is 4.90 Å². The first-order chi connectivity index (χ1) is 20.6. The van der Waals surface area contributed by atoms with E-state index >= 15 is 0 Å². The van der Waals surface area contributed by atoms with E-state index in [1.807, 2.05) is 75.4 Å². The summed E-state index contributed by atoms with van der Waals surface area (Å²) in [5.74, 6) is -1.79. The number of Topliss-reactive ketones (excluding diaryl/α,β-unsaturated/α-hetero) is 1. The number of rotatable bonds is 10. The fraction of sp³-hybridized carbons (Fsp3) is 0.500. The normalized spacial score (nSPS) is 28.2. The molecule has 5 atom stereocenters. The van der Waals surface area contributed by atoms with Crippen LogP contribution in [0.1, 0.15) is 81.4 Å². The molecule has 2 aromatic carbocycles. The SMILES string of the molecule is CCC[C@H](NC(=O)[C@@H]1C[C@]2(CC(c3cccc(C)c3)=NO2)CN1C(=O)C1(C)CC1c1ccccc1)C(=O)C(=O)NC1CC1. The van der Waals surface area contributed by atoms with Gasteiger partial charge in [-0.25, -0.2) is 0 Å². The number of nitrogens with one attached hydrogen (secondary N) is 2. The molecule has 43 heavy (non-hydrogen) atoms. The lowest BCUT2D eigenvalue weighted by Crippen LogP contribution is -2.54. The first kappa shape index (κ1) is 29.1. The number of carbonyl (C=O) groups is 4. The zero-order valence-corrected chi connectivity index (χ0v) is 25.1. The molecule has 2 heterocycles. The van der Waals surface area contributed by atoms with Crippen molar-refractivity contribution >= 4 is 29.2 Å². The van der Waals surface area contributed by atoms with E-state index in [0.29, 0.717) is 25.7 Å². The fourth-order valence-corrected chi connectivity index (χ4v) is 6.66. The number of amides is 3. The second kappa shape index (κ2) is 11.2. The minimum atomic E-state index is -0.957. The number of ketones is 1. The van der Waals surface area contributed by atoms with Crippen molar-refractivity contribution in [3.8, 4) is 0 Å². The Morgan fingerprint density at radius 2 is 1.84 bits per heavy atom. The van der Waals surface area contributed by atoms with Crippen molar-refractivity contribution in [1.29, 1.82) is 0 Å². The Kier molecular flexibility index (Phi) is 7.60. The van der Waals surface area contributed by atoms with Gasteiger partial charge in [0.25, 0.3) is 5.91 Å². The summed E-state index contributed by atoms with van der Waals surface area (Å²) in [4.78, 5) is 61.6. The van der Waals surface area contributed by atoms with Gasteiger partial charge in [-0.1, -0.05) is 85.6 Å². The largest absolute Gasteiger partial charge is 0.387 e. The number of likely N-dealkylation sites (tertiary alicyclic amines) is 1. The molecule has 0 aromatic heterocycles. The lowest BCUT2D eigenvalue weighted by Gasteiger charge is -2.28. The molecule has 0 bridgehead atoms. The van der Waals surface area contributed by atoms with Gasteiger partial charge in [-0.3, -0.25) is 19.2 Å². The van der Waals surface area contributed by atoms with E-state index in [0.717, 1.165) is 35.2 Å². The third-order valence-electron chi connectivity index (χ3n) is 9.43. The highest BCUT2D eigenvalue weighted by Gasteiger charge is 2.62. The molecular weight excluding hydrogens is 544 g/mol. The molecule has 2 unspecified atom stereocenters. The summed E-state index contributed by atoms with van der Waals surface area (Å²) in [5.41, 5.74) is 2.45. The van der Waals surface area contributed by atoms with Gasteiger partial charge in [0.1, 0.15) is 6.04 Å². The van der Waals surface area contributed by atoms with E-state index in [1.165, 1.54) is 0 Å². The van der Waals surface area contributed by atoms with Crippen molar-refractivity contribution in [1.82, 2.24) is 15.5 Å². The summed E-state index contributed by atoms with van der Waals surface area (Å²) in [7, 11) is 0. The quantitative estimate of drug-likeness (QED) is 0.412. The second-order valence-corrected chi connectivity index (χ2v) is 13.1. The maximum atomic E-state index is 14.3. The highest BCUT2D eigenvalue weighted by atomic mass is 16.7. The summed E-state index contributed by atoms with van der Waals surface area (Å²) in [6, 6.07) is 16.2. The maximum Gasteiger partial charge on any atom is 0.289 e. The maximum absolute atomic E-state index is 14.3. The van der Waals surface area contributed by atoms with Crippen LogP contribution in [0.25, 0.3) is 0 Å². The topological polar surface area (TPSA) is 117 Å². The summed E-state index contributed by atoms with van der Waals surface area (Å²) in [6.07, 6.45) is 4.07. The average molecular weight is 585 g/mol. The van der Waals surface area contributed by atoms with Crippen molar-refractivity contribution in [3.63, 3.8) is 0 Å². The molecule has 226 valence electrons. The molecule has 0 radical (unpaired) electrons. The third kappa shape index (κ3) is 5.82. The minimum Gasteiger partial charge on any atom is -0.387 e. The Labute approximate surface area is 252 Å². The van der Waals surface area contributed by atoms with Crippen LogP contribution in [0.15, 0.2) is 59.8 Å². The van der Waals surface area contributed by atoms with Crippen LogP contribution in [0, 0.1) is 12.3 Å². The van der Waals surface area contributed by atoms with Crippen molar-refractivity contribution < 1.29 is 24.0 Å². The highest BCUT2D eigenvalue weighted by Crippen LogP contribution is 2.60. The number of benzene rings is 2. The smallest absolute Gasteiger partial charge is 0.289 e. The number of hydrogen-bond acceptors (Lipinski definition) is 6. The standard InChI is InChI=1S/C34H40N4O5/c1-4-9-26(29(39)31(41)35-24-14-15-24)36-30(40)28-19-34(18-27(37-43-34)23-13-8-10-21(2)16-23)20-38(28)32(42)33(3)17-25(33)22-11-6-5-7-12-22/h5-8,10-13,16,24-26,28H,4,9,14-15,17-20H2,1-3H3,(H,35,41)(H,36,40)/t25?,26-,28-,33?,34+/m0/s1. The van der Waals surface area contributed by atoms with Crippen molar-refractivity contribution in [2.45, 2.75) is 95.4 Å². The Bertz CT molecular complexity index is 1470. The van der Waals surface area contributed by atoms with Crippen LogP contribution in [0.4, 0.5) is 0 Å². The lowest BCUT2D eigenvalue weighted by atomic mass is 9.91. The number of nitrogens with zero attached hydrogens (tertiary/aromatic N) is 2. The van der Waals surface area contributed by atoms with Gasteiger partial charge in [-0.15, -0.1) is 0 Å². The molecule has 3 amide bonds. The van der Waals surface area contributed by atoms with Crippen molar-refractivity contribution in [2.75, 3.05) is 6.54 Å². The molecule has 2 aliphatic heterocycles. The van der Waals surface area contributed by atoms with Gasteiger partial charge >= 0.3 is 0 Å². The first-order valence-corrected chi connectivity index (χ1v) is 15.5. The second-order valence-electron chi connectivity index (χ2n) is 13.1. The van der Waals surface area contributed by atoms with E-state index in [4.69, 9.17) is 4.84 Å². The first-order valence-electron chi connectivity index (χ1n) is 15.5. The van der Waals surface area contributed by atoms with Gasteiger partial charge in [0.2, 0.25) is 17.6 Å². The molecule has 9 nitrogen and oxygen atoms in total. The van der Waals surface area contributed by atoms with Crippen LogP contribution in [-0.4, -0.2) is 64.4 Å². The number of carbonyl (C=O) groups excluding carboxylic acids is 4. The molecule has 1 spiro atoms. The highest BCUT2D eigenvalue weighted by molar-refractivity contribution is 6.38. The van der Waals surface area contributed by atoms with Crippen LogP contribution >= 0.6 is 0 Å². The number of hydrogen-bond donors (Lipinski definition) is 2. The van der Waals surface area contributed by atoms with Crippen LogP contribution in [0.3, 0.4) is 0 Å². The summed E-state index contributed by atoms with van der Waals surface area (Å²) in [5, 5.41) is 10.0. The van der Waals surface area contributed by atoms with Gasteiger partial charge in [0, 0.05) is 18.9 Å². The van der Waals surface area contributed by atoms with Crippen LogP contribution in [0.2, 0.25) is 0 Å². The summed E-state index contributed by atoms with van der Waals surface area (Å²) in [6.45, 7) is 6.10. The van der Waals surface area contributed by atoms with Crippen molar-refractivity contribution in [3.05, 3.63) is 71.3 Å². The van der Waals surface area contributed by atoms with Gasteiger partial charge in [-0.05, 0) is 49.7 Å². The third-order valence-corrected chi connectivity index (χ3v) is 9.43. The van der Waals surface area contributed by atoms with E-state index in [9.17, 15) is 19.2 Å².